The number of benzene rings is 1. The van der Waals surface area contributed by atoms with Gasteiger partial charge in [-0.2, -0.15) is 0 Å². The van der Waals surface area contributed by atoms with Crippen LogP contribution in [0.1, 0.15) is 92.4 Å². The van der Waals surface area contributed by atoms with E-state index in [2.05, 4.69) is 32.2 Å². The van der Waals surface area contributed by atoms with E-state index in [1.165, 1.54) is 0 Å². The first-order chi connectivity index (χ1) is 28.0. The molecular formula is C46H69NO11. The molecule has 3 aliphatic heterocycles. The minimum atomic E-state index is -0.779. The van der Waals surface area contributed by atoms with Crippen LogP contribution in [0.25, 0.3) is 0 Å². The number of methoxy groups -OCH3 is 3. The van der Waals surface area contributed by atoms with Crippen molar-refractivity contribution in [3.8, 4) is 0 Å². The van der Waals surface area contributed by atoms with Crippen molar-refractivity contribution in [3.05, 3.63) is 42.0 Å². The van der Waals surface area contributed by atoms with Crippen LogP contribution in [0.4, 0.5) is 5.69 Å². The standard InChI is InChI=1S/C46H69NO11/c1-9-29-16-13-17-36(58-38-19-18-24(2)26(4)54-38)25(3)41(49)35-22-32-31-20-30(57-46-45(53-8)44(52-7)43(51-6)27(5)55-46)21-34(31)42(50)40(47-28-14-11-10-12-15-28)39(32)33(35)23-37(48)56-29/h10-12,14-15,22,24-27,29-34,36,38-40,42-47,50H,9,13,16-21,23H2,1-8H3/t24-,25+,26?,27?,29-,30-,31-,32-,33+,34+,36-,38-,39+,40-,42-,43-,44?,45?,46-/m0/s1. The number of carbonyl (C=O) groups excluding carboxylic acids is 2. The van der Waals surface area contributed by atoms with Crippen molar-refractivity contribution in [2.45, 2.75) is 166 Å². The maximum atomic E-state index is 15.1. The molecule has 4 unspecified atom stereocenters. The first-order valence-corrected chi connectivity index (χ1v) is 22.1. The molecule has 6 aliphatic rings. The fourth-order valence-electron chi connectivity index (χ4n) is 11.4. The van der Waals surface area contributed by atoms with Gasteiger partial charge in [0.1, 0.15) is 24.4 Å². The van der Waals surface area contributed by atoms with Crippen LogP contribution in [-0.4, -0.2) is 112 Å². The van der Waals surface area contributed by atoms with Crippen LogP contribution in [0.2, 0.25) is 0 Å². The molecule has 5 fully saturated rings. The quantitative estimate of drug-likeness (QED) is 0.250. The summed E-state index contributed by atoms with van der Waals surface area (Å²) in [5.41, 5.74) is 1.53. The number of Topliss-reactive ketones (excluding diaryl/α,β-unsaturated/α-hetero) is 1. The molecule has 2 saturated carbocycles. The Hall–Kier alpha value is -2.42. The van der Waals surface area contributed by atoms with E-state index in [0.717, 1.165) is 24.9 Å². The van der Waals surface area contributed by atoms with Gasteiger partial charge >= 0.3 is 5.97 Å². The number of anilines is 1. The number of hydrogen-bond donors (Lipinski definition) is 2. The minimum Gasteiger partial charge on any atom is -0.462 e. The smallest absolute Gasteiger partial charge is 0.306 e. The molecule has 7 rings (SSSR count). The Labute approximate surface area is 345 Å². The van der Waals surface area contributed by atoms with E-state index >= 15 is 4.79 Å². The van der Waals surface area contributed by atoms with Crippen molar-refractivity contribution < 1.29 is 52.6 Å². The number of ether oxygens (including phenoxy) is 8. The summed E-state index contributed by atoms with van der Waals surface area (Å²) in [5.74, 6) is -1.24. The molecule has 3 heterocycles. The average Bonchev–Trinajstić information content (AvgIpc) is 3.81. The SMILES string of the molecule is CC[C@H]1CCC[C@H](O[C@H]2CC[C@H](C)C(C)O2)[C@@H](C)C(=O)C2=C[C@H]3[C@@H]4C[C@H](O[C@@H]5OC(C)[C@H](OC)C(OC)C5OC)C[C@H]4[C@H](O)[C@@H](Nc4ccccc4)[C@H]3[C@@H]2CC(=O)O1. The number of esters is 1. The van der Waals surface area contributed by atoms with Crippen LogP contribution in [0.3, 0.4) is 0 Å². The van der Waals surface area contributed by atoms with Crippen molar-refractivity contribution in [2.24, 2.45) is 41.4 Å². The fraction of sp³-hybridized carbons (Fsp3) is 0.783. The van der Waals surface area contributed by atoms with Crippen molar-refractivity contribution in [1.82, 2.24) is 0 Å². The zero-order valence-electron chi connectivity index (χ0n) is 35.8. The van der Waals surface area contributed by atoms with Gasteiger partial charge in [0.15, 0.2) is 18.4 Å². The number of carbonyl (C=O) groups is 2. The molecule has 2 N–H and O–H groups in total. The number of allylic oxidation sites excluding steroid dienone is 2. The molecule has 0 spiro atoms. The van der Waals surface area contributed by atoms with Crippen molar-refractivity contribution >= 4 is 17.4 Å². The first kappa shape index (κ1) is 43.7. The third-order valence-electron chi connectivity index (χ3n) is 14.8. The number of cyclic esters (lactones) is 1. The molecule has 19 atom stereocenters. The van der Waals surface area contributed by atoms with E-state index in [9.17, 15) is 9.90 Å². The van der Waals surface area contributed by atoms with E-state index in [4.69, 9.17) is 37.9 Å². The summed E-state index contributed by atoms with van der Waals surface area (Å²) in [7, 11) is 4.90. The predicted molar refractivity (Wildman–Crippen MR) is 217 cm³/mol. The van der Waals surface area contributed by atoms with Crippen LogP contribution < -0.4 is 5.32 Å². The van der Waals surface area contributed by atoms with Crippen molar-refractivity contribution in [2.75, 3.05) is 26.6 Å². The molecule has 0 radical (unpaired) electrons. The number of nitrogens with one attached hydrogen (secondary N) is 1. The molecular weight excluding hydrogens is 743 g/mol. The summed E-state index contributed by atoms with van der Waals surface area (Å²) in [6, 6.07) is 9.44. The highest BCUT2D eigenvalue weighted by Crippen LogP contribution is 2.57. The number of rotatable bonds is 10. The summed E-state index contributed by atoms with van der Waals surface area (Å²) >= 11 is 0. The zero-order valence-corrected chi connectivity index (χ0v) is 35.8. The van der Waals surface area contributed by atoms with Gasteiger partial charge < -0.3 is 48.3 Å². The number of fused-ring (bicyclic) bond motifs is 5. The van der Waals surface area contributed by atoms with E-state index in [-0.39, 0.29) is 84.8 Å². The topological polar surface area (TPSA) is 140 Å². The Kier molecular flexibility index (Phi) is 14.4. The Morgan fingerprint density at radius 1 is 0.828 bits per heavy atom. The highest BCUT2D eigenvalue weighted by molar-refractivity contribution is 5.99. The second-order valence-electron chi connectivity index (χ2n) is 18.1. The summed E-state index contributed by atoms with van der Waals surface area (Å²) in [6.07, 6.45) is 3.97. The van der Waals surface area contributed by atoms with Crippen LogP contribution in [0.5, 0.6) is 0 Å². The number of aliphatic hydroxyl groups excluding tert-OH is 1. The van der Waals surface area contributed by atoms with Gasteiger partial charge in [0, 0.05) is 38.9 Å². The first-order valence-electron chi connectivity index (χ1n) is 22.1. The van der Waals surface area contributed by atoms with Gasteiger partial charge in [0.05, 0.1) is 43.0 Å². The lowest BCUT2D eigenvalue weighted by Gasteiger charge is -2.47. The molecule has 3 aliphatic carbocycles. The number of para-hydroxylation sites is 1. The molecule has 0 amide bonds. The Balaban J connectivity index is 1.21. The maximum absolute atomic E-state index is 15.1. The molecule has 0 aromatic heterocycles. The van der Waals surface area contributed by atoms with Gasteiger partial charge in [-0.15, -0.1) is 0 Å². The number of hydrogen-bond acceptors (Lipinski definition) is 12. The Morgan fingerprint density at radius 2 is 1.55 bits per heavy atom. The molecule has 1 aromatic carbocycles. The third-order valence-corrected chi connectivity index (χ3v) is 14.8. The molecule has 12 heteroatoms. The van der Waals surface area contributed by atoms with E-state index < -0.39 is 42.5 Å². The summed E-state index contributed by atoms with van der Waals surface area (Å²) < 4.78 is 49.9. The molecule has 0 bridgehead atoms. The summed E-state index contributed by atoms with van der Waals surface area (Å²) in [6.45, 7) is 10.3. The number of ketones is 1. The molecule has 324 valence electrons. The van der Waals surface area contributed by atoms with Crippen LogP contribution in [-0.2, 0) is 47.5 Å². The molecule has 12 nitrogen and oxygen atoms in total. The van der Waals surface area contributed by atoms with Gasteiger partial charge in [0.25, 0.3) is 0 Å². The normalized spacial score (nSPS) is 44.8. The molecule has 1 aromatic rings. The Bertz CT molecular complexity index is 1560. The molecule has 3 saturated heterocycles. The van der Waals surface area contributed by atoms with Gasteiger partial charge in [-0.1, -0.05) is 45.0 Å². The fourth-order valence-corrected chi connectivity index (χ4v) is 11.4. The summed E-state index contributed by atoms with van der Waals surface area (Å²) in [5, 5.41) is 16.2. The van der Waals surface area contributed by atoms with Gasteiger partial charge in [-0.25, -0.2) is 0 Å². The second-order valence-corrected chi connectivity index (χ2v) is 18.1. The summed E-state index contributed by atoms with van der Waals surface area (Å²) in [4.78, 5) is 29.0. The van der Waals surface area contributed by atoms with Crippen molar-refractivity contribution in [1.29, 1.82) is 0 Å². The predicted octanol–water partition coefficient (Wildman–Crippen LogP) is 6.48. The maximum Gasteiger partial charge on any atom is 0.306 e. The van der Waals surface area contributed by atoms with E-state index in [1.54, 1.807) is 21.3 Å². The highest BCUT2D eigenvalue weighted by atomic mass is 16.7. The average molecular weight is 812 g/mol. The van der Waals surface area contributed by atoms with Crippen LogP contribution in [0.15, 0.2) is 42.0 Å². The largest absolute Gasteiger partial charge is 0.462 e. The van der Waals surface area contributed by atoms with Crippen LogP contribution >= 0.6 is 0 Å². The third kappa shape index (κ3) is 8.96. The minimum absolute atomic E-state index is 0.00294. The van der Waals surface area contributed by atoms with E-state index in [0.29, 0.717) is 43.6 Å². The van der Waals surface area contributed by atoms with Crippen molar-refractivity contribution in [3.63, 3.8) is 0 Å². The van der Waals surface area contributed by atoms with E-state index in [1.807, 2.05) is 44.2 Å². The highest BCUT2D eigenvalue weighted by Gasteiger charge is 2.60. The van der Waals surface area contributed by atoms with Gasteiger partial charge in [-0.3, -0.25) is 9.59 Å². The number of aliphatic hydroxyl groups is 1. The molecule has 58 heavy (non-hydrogen) atoms. The lowest BCUT2D eigenvalue weighted by molar-refractivity contribution is -0.314. The Morgan fingerprint density at radius 3 is 2.24 bits per heavy atom. The zero-order chi connectivity index (χ0) is 41.2. The van der Waals surface area contributed by atoms with Crippen LogP contribution in [0, 0.1) is 41.4 Å². The lowest BCUT2D eigenvalue weighted by atomic mass is 9.62. The lowest BCUT2D eigenvalue weighted by Crippen LogP contribution is -2.59. The monoisotopic (exact) mass is 811 g/mol. The van der Waals surface area contributed by atoms with Gasteiger partial charge in [-0.05, 0) is 113 Å². The second kappa shape index (κ2) is 19.1. The van der Waals surface area contributed by atoms with Gasteiger partial charge in [0.2, 0.25) is 0 Å².